The molecule has 0 atom stereocenters. The van der Waals surface area contributed by atoms with Gasteiger partial charge in [0.15, 0.2) is 11.3 Å². The zero-order valence-electron chi connectivity index (χ0n) is 8.79. The highest BCUT2D eigenvalue weighted by Gasteiger charge is 1.94. The van der Waals surface area contributed by atoms with Gasteiger partial charge in [0.25, 0.3) is 0 Å². The van der Waals surface area contributed by atoms with Crippen molar-refractivity contribution < 1.29 is 4.79 Å². The number of aromatic nitrogens is 2. The minimum Gasteiger partial charge on any atom is -0.323 e. The van der Waals surface area contributed by atoms with E-state index in [9.17, 15) is 4.79 Å². The summed E-state index contributed by atoms with van der Waals surface area (Å²) in [4.78, 5) is 9.93. The van der Waals surface area contributed by atoms with E-state index in [4.69, 9.17) is 0 Å². The van der Waals surface area contributed by atoms with Crippen LogP contribution < -0.4 is 5.32 Å². The van der Waals surface area contributed by atoms with Gasteiger partial charge >= 0.3 is 0 Å². The number of aldehydes is 1. The molecule has 0 aliphatic rings. The van der Waals surface area contributed by atoms with Crippen LogP contribution >= 0.6 is 11.3 Å². The van der Waals surface area contributed by atoms with Gasteiger partial charge in [0.2, 0.25) is 0 Å². The maximum Gasteiger partial charge on any atom is 0.180 e. The number of hydrogen-bond donors (Lipinski definition) is 1. The van der Waals surface area contributed by atoms with Crippen LogP contribution in [-0.2, 0) is 0 Å². The third-order valence-electron chi connectivity index (χ3n) is 0.642. The molecule has 76 valence electrons. The molecule has 0 aromatic carbocycles. The molecule has 1 N–H and O–H groups in total. The molecule has 1 aromatic heterocycles. The van der Waals surface area contributed by atoms with Crippen LogP contribution in [0.1, 0.15) is 28.7 Å². The Morgan fingerprint density at radius 1 is 1.31 bits per heavy atom. The van der Waals surface area contributed by atoms with Crippen molar-refractivity contribution in [2.24, 2.45) is 0 Å². The van der Waals surface area contributed by atoms with Crippen LogP contribution in [0.25, 0.3) is 0 Å². The van der Waals surface area contributed by atoms with Crippen molar-refractivity contribution in [3.8, 4) is 0 Å². The van der Waals surface area contributed by atoms with Crippen LogP contribution in [0.15, 0.2) is 0 Å². The Kier molecular flexibility index (Phi) is 12.7. The summed E-state index contributed by atoms with van der Waals surface area (Å²) in [5.74, 6) is 0. The highest BCUT2D eigenvalue weighted by Crippen LogP contribution is 2.03. The molecule has 0 bridgehead atoms. The fourth-order valence-electron chi connectivity index (χ4n) is 0.359. The summed E-state index contributed by atoms with van der Waals surface area (Å²) in [6.07, 6.45) is 0.699. The first-order valence-electron chi connectivity index (χ1n) is 4.08. The summed E-state index contributed by atoms with van der Waals surface area (Å²) in [5.41, 5.74) is 0. The summed E-state index contributed by atoms with van der Waals surface area (Å²) in [7, 11) is 3.75. The first kappa shape index (κ1) is 14.7. The number of aryl methyl sites for hydroxylation is 1. The highest BCUT2D eigenvalue weighted by molar-refractivity contribution is 7.12. The topological polar surface area (TPSA) is 54.9 Å². The van der Waals surface area contributed by atoms with Gasteiger partial charge in [-0.25, -0.2) is 0 Å². The number of hydrogen-bond acceptors (Lipinski definition) is 5. The molecule has 0 spiro atoms. The quantitative estimate of drug-likeness (QED) is 0.703. The fraction of sp³-hybridized carbons (Fsp3) is 0.625. The van der Waals surface area contributed by atoms with Crippen LogP contribution in [0.2, 0.25) is 0 Å². The average Bonchev–Trinajstić information content (AvgIpc) is 2.56. The zero-order chi connectivity index (χ0) is 10.7. The molecule has 1 rings (SSSR count). The van der Waals surface area contributed by atoms with Crippen molar-refractivity contribution in [3.05, 3.63) is 10.0 Å². The largest absolute Gasteiger partial charge is 0.323 e. The summed E-state index contributed by atoms with van der Waals surface area (Å²) >= 11 is 1.30. The summed E-state index contributed by atoms with van der Waals surface area (Å²) in [6, 6.07) is 0. The Labute approximate surface area is 83.4 Å². The van der Waals surface area contributed by atoms with Crippen LogP contribution in [0, 0.1) is 6.92 Å². The third-order valence-corrected chi connectivity index (χ3v) is 1.41. The van der Waals surface area contributed by atoms with Crippen LogP contribution in [0.3, 0.4) is 0 Å². The van der Waals surface area contributed by atoms with Crippen molar-refractivity contribution in [1.82, 2.24) is 15.5 Å². The van der Waals surface area contributed by atoms with E-state index in [0.29, 0.717) is 11.3 Å². The smallest absolute Gasteiger partial charge is 0.180 e. The number of nitrogens with one attached hydrogen (secondary N) is 1. The van der Waals surface area contributed by atoms with Gasteiger partial charge in [0.05, 0.1) is 0 Å². The summed E-state index contributed by atoms with van der Waals surface area (Å²) in [5, 5.41) is 11.2. The van der Waals surface area contributed by atoms with E-state index >= 15 is 0 Å². The lowest BCUT2D eigenvalue weighted by Gasteiger charge is -1.65. The first-order chi connectivity index (χ1) is 6.24. The van der Waals surface area contributed by atoms with Crippen molar-refractivity contribution in [1.29, 1.82) is 0 Å². The highest BCUT2D eigenvalue weighted by atomic mass is 32.1. The molecule has 0 unspecified atom stereocenters. The van der Waals surface area contributed by atoms with Gasteiger partial charge in [0, 0.05) is 0 Å². The number of carbonyl (C=O) groups is 1. The lowest BCUT2D eigenvalue weighted by Crippen LogP contribution is -1.89. The minimum absolute atomic E-state index is 0.447. The van der Waals surface area contributed by atoms with E-state index in [0.717, 1.165) is 5.01 Å². The Balaban J connectivity index is 0. The second kappa shape index (κ2) is 11.2. The van der Waals surface area contributed by atoms with Gasteiger partial charge in [-0.1, -0.05) is 25.2 Å². The number of rotatable bonds is 1. The Bertz CT molecular complexity index is 213. The Morgan fingerprint density at radius 2 is 1.77 bits per heavy atom. The predicted octanol–water partition coefficient (Wildman–Crippen LogP) is 1.52. The van der Waals surface area contributed by atoms with Crippen molar-refractivity contribution in [2.45, 2.75) is 20.8 Å². The van der Waals surface area contributed by atoms with Gasteiger partial charge < -0.3 is 5.32 Å². The molecule has 0 fully saturated rings. The Hall–Kier alpha value is -0.810. The maximum absolute atomic E-state index is 9.93. The second-order valence-electron chi connectivity index (χ2n) is 1.78. The van der Waals surface area contributed by atoms with Gasteiger partial charge in [-0.2, -0.15) is 0 Å². The van der Waals surface area contributed by atoms with Crippen molar-refractivity contribution in [2.75, 3.05) is 14.1 Å². The average molecular weight is 203 g/mol. The SMILES string of the molecule is CC.CNC.Cc1nnc(C=O)s1. The lowest BCUT2D eigenvalue weighted by molar-refractivity contribution is 0.112. The number of carbonyl (C=O) groups excluding carboxylic acids is 1. The molecular formula is C8H17N3OS. The van der Waals surface area contributed by atoms with E-state index in [1.54, 1.807) is 0 Å². The van der Waals surface area contributed by atoms with E-state index in [1.165, 1.54) is 11.3 Å². The molecule has 0 amide bonds. The fourth-order valence-corrected chi connectivity index (χ4v) is 0.874. The molecule has 1 aromatic rings. The molecule has 0 aliphatic heterocycles. The van der Waals surface area contributed by atoms with Crippen molar-refractivity contribution in [3.63, 3.8) is 0 Å². The normalized spacial score (nSPS) is 7.46. The molecule has 0 aliphatic carbocycles. The Morgan fingerprint density at radius 3 is 1.92 bits per heavy atom. The van der Waals surface area contributed by atoms with E-state index in [2.05, 4.69) is 15.5 Å². The molecule has 0 radical (unpaired) electrons. The second-order valence-corrected chi connectivity index (χ2v) is 2.99. The van der Waals surface area contributed by atoms with E-state index in [-0.39, 0.29) is 0 Å². The van der Waals surface area contributed by atoms with E-state index in [1.807, 2.05) is 34.9 Å². The van der Waals surface area contributed by atoms with E-state index < -0.39 is 0 Å². The van der Waals surface area contributed by atoms with Crippen molar-refractivity contribution >= 4 is 17.6 Å². The number of nitrogens with zero attached hydrogens (tertiary/aromatic N) is 2. The van der Waals surface area contributed by atoms with Gasteiger partial charge in [-0.3, -0.25) is 4.79 Å². The molecule has 13 heavy (non-hydrogen) atoms. The summed E-state index contributed by atoms with van der Waals surface area (Å²) in [6.45, 7) is 5.81. The molecule has 0 saturated heterocycles. The minimum atomic E-state index is 0.447. The molecule has 0 saturated carbocycles. The monoisotopic (exact) mass is 203 g/mol. The standard InChI is InChI=1S/C4H4N2OS.C2H7N.C2H6/c1-3-5-6-4(2-7)8-3;1-3-2;1-2/h2H,1H3;3H,1-2H3;1-2H3. The third kappa shape index (κ3) is 9.10. The molecule has 5 heteroatoms. The van der Waals surface area contributed by atoms with Gasteiger partial charge in [0.1, 0.15) is 5.01 Å². The molecule has 4 nitrogen and oxygen atoms in total. The zero-order valence-corrected chi connectivity index (χ0v) is 9.60. The molecule has 1 heterocycles. The molecular weight excluding hydrogens is 186 g/mol. The van der Waals surface area contributed by atoms with Crippen LogP contribution in [-0.4, -0.2) is 30.6 Å². The first-order valence-corrected chi connectivity index (χ1v) is 4.90. The van der Waals surface area contributed by atoms with Crippen LogP contribution in [0.5, 0.6) is 0 Å². The lowest BCUT2D eigenvalue weighted by atomic mass is 10.8. The maximum atomic E-state index is 9.93. The van der Waals surface area contributed by atoms with Gasteiger partial charge in [-0.05, 0) is 21.0 Å². The van der Waals surface area contributed by atoms with Crippen LogP contribution in [0.4, 0.5) is 0 Å². The predicted molar refractivity (Wildman–Crippen MR) is 56.4 cm³/mol. The summed E-state index contributed by atoms with van der Waals surface area (Å²) < 4.78 is 0. The van der Waals surface area contributed by atoms with Gasteiger partial charge in [-0.15, -0.1) is 10.2 Å².